The zero-order valence-corrected chi connectivity index (χ0v) is 12.9. The fourth-order valence-electron chi connectivity index (χ4n) is 2.07. The van der Waals surface area contributed by atoms with Crippen molar-refractivity contribution in [2.75, 3.05) is 13.7 Å². The number of likely N-dealkylation sites (N-methyl/N-ethyl adjacent to an activating group) is 1. The molecule has 0 aliphatic carbocycles. The monoisotopic (exact) mass is 296 g/mol. The van der Waals surface area contributed by atoms with E-state index in [0.29, 0.717) is 13.1 Å². The third-order valence-corrected chi connectivity index (χ3v) is 3.33. The van der Waals surface area contributed by atoms with Crippen molar-refractivity contribution in [3.8, 4) is 5.75 Å². The zero-order valence-electron chi connectivity index (χ0n) is 12.9. The first-order chi connectivity index (χ1) is 10.7. The first kappa shape index (κ1) is 15.8. The summed E-state index contributed by atoms with van der Waals surface area (Å²) in [6, 6.07) is 11.4. The largest absolute Gasteiger partial charge is 0.497 e. The van der Waals surface area contributed by atoms with Gasteiger partial charge in [-0.15, -0.1) is 0 Å². The molecule has 2 rings (SSSR count). The molecule has 0 aliphatic heterocycles. The van der Waals surface area contributed by atoms with Crippen molar-refractivity contribution in [3.63, 3.8) is 0 Å². The lowest BCUT2D eigenvalue weighted by Crippen LogP contribution is -2.28. The van der Waals surface area contributed by atoms with Crippen LogP contribution in [0.4, 0.5) is 0 Å². The molecule has 0 fully saturated rings. The van der Waals surface area contributed by atoms with E-state index in [1.54, 1.807) is 36.6 Å². The topological polar surface area (TPSA) is 42.4 Å². The molecule has 4 heteroatoms. The number of ether oxygens (including phenoxy) is 1. The summed E-state index contributed by atoms with van der Waals surface area (Å²) in [5.74, 6) is 0.765. The maximum Gasteiger partial charge on any atom is 0.246 e. The van der Waals surface area contributed by atoms with Crippen LogP contribution in [0.3, 0.4) is 0 Å². The quantitative estimate of drug-likeness (QED) is 0.769. The summed E-state index contributed by atoms with van der Waals surface area (Å²) in [5.41, 5.74) is 2.01. The van der Waals surface area contributed by atoms with Crippen LogP contribution >= 0.6 is 0 Å². The molecule has 4 nitrogen and oxygen atoms in total. The summed E-state index contributed by atoms with van der Waals surface area (Å²) in [7, 11) is 1.63. The minimum atomic E-state index is -0.0119. The number of benzene rings is 1. The molecule has 1 aromatic carbocycles. The second-order valence-corrected chi connectivity index (χ2v) is 4.82. The zero-order chi connectivity index (χ0) is 15.8. The van der Waals surface area contributed by atoms with E-state index in [4.69, 9.17) is 4.74 Å². The van der Waals surface area contributed by atoms with Gasteiger partial charge in [0.25, 0.3) is 0 Å². The molecule has 0 unspecified atom stereocenters. The van der Waals surface area contributed by atoms with E-state index < -0.39 is 0 Å². The summed E-state index contributed by atoms with van der Waals surface area (Å²) in [6.45, 7) is 3.21. The first-order valence-electron chi connectivity index (χ1n) is 7.23. The van der Waals surface area contributed by atoms with Crippen LogP contribution in [0.25, 0.3) is 6.08 Å². The van der Waals surface area contributed by atoms with E-state index in [0.717, 1.165) is 16.9 Å². The number of carbonyl (C=O) groups excluding carboxylic acids is 1. The molecular weight excluding hydrogens is 276 g/mol. The summed E-state index contributed by atoms with van der Waals surface area (Å²) < 4.78 is 5.17. The number of carbonyl (C=O) groups is 1. The molecule has 0 spiro atoms. The molecule has 0 saturated heterocycles. The number of aromatic nitrogens is 1. The Labute approximate surface area is 131 Å². The average molecular weight is 296 g/mol. The van der Waals surface area contributed by atoms with E-state index >= 15 is 0 Å². The van der Waals surface area contributed by atoms with Crippen LogP contribution in [0, 0.1) is 0 Å². The first-order valence-corrected chi connectivity index (χ1v) is 7.23. The number of nitrogens with zero attached hydrogens (tertiary/aromatic N) is 2. The second-order valence-electron chi connectivity index (χ2n) is 4.82. The highest BCUT2D eigenvalue weighted by Crippen LogP contribution is 2.14. The maximum absolute atomic E-state index is 12.3. The molecule has 0 atom stereocenters. The molecule has 2 aromatic rings. The van der Waals surface area contributed by atoms with Crippen LogP contribution in [0.15, 0.2) is 54.9 Å². The van der Waals surface area contributed by atoms with Crippen molar-refractivity contribution >= 4 is 12.0 Å². The van der Waals surface area contributed by atoms with Gasteiger partial charge in [-0.05, 0) is 48.4 Å². The van der Waals surface area contributed by atoms with E-state index in [1.807, 2.05) is 43.3 Å². The molecule has 0 saturated carbocycles. The molecule has 0 bridgehead atoms. The van der Waals surface area contributed by atoms with Gasteiger partial charge in [0.1, 0.15) is 5.75 Å². The average Bonchev–Trinajstić information content (AvgIpc) is 2.58. The smallest absolute Gasteiger partial charge is 0.246 e. The summed E-state index contributed by atoms with van der Waals surface area (Å²) in [4.78, 5) is 18.1. The number of rotatable bonds is 6. The number of amides is 1. The Hall–Kier alpha value is -2.62. The SMILES string of the molecule is CCN(Cc1ccncc1)C(=O)/C=C/c1cccc(OC)c1. The van der Waals surface area contributed by atoms with E-state index in [9.17, 15) is 4.79 Å². The van der Waals surface area contributed by atoms with Crippen molar-refractivity contribution in [1.29, 1.82) is 0 Å². The van der Waals surface area contributed by atoms with Gasteiger partial charge in [-0.1, -0.05) is 12.1 Å². The Morgan fingerprint density at radius 3 is 2.73 bits per heavy atom. The van der Waals surface area contributed by atoms with Crippen LogP contribution in [0.2, 0.25) is 0 Å². The van der Waals surface area contributed by atoms with Crippen molar-refractivity contribution in [1.82, 2.24) is 9.88 Å². The predicted molar refractivity (Wildman–Crippen MR) is 87.4 cm³/mol. The molecule has 0 N–H and O–H groups in total. The Bertz CT molecular complexity index is 639. The highest BCUT2D eigenvalue weighted by molar-refractivity contribution is 5.91. The van der Waals surface area contributed by atoms with Gasteiger partial charge in [-0.25, -0.2) is 0 Å². The van der Waals surface area contributed by atoms with Gasteiger partial charge < -0.3 is 9.64 Å². The number of hydrogen-bond acceptors (Lipinski definition) is 3. The van der Waals surface area contributed by atoms with Crippen molar-refractivity contribution < 1.29 is 9.53 Å². The van der Waals surface area contributed by atoms with Crippen molar-refractivity contribution in [2.24, 2.45) is 0 Å². The van der Waals surface area contributed by atoms with Crippen LogP contribution in [-0.2, 0) is 11.3 Å². The third-order valence-electron chi connectivity index (χ3n) is 3.33. The Morgan fingerprint density at radius 1 is 1.27 bits per heavy atom. The fourth-order valence-corrected chi connectivity index (χ4v) is 2.07. The Balaban J connectivity index is 2.03. The van der Waals surface area contributed by atoms with Crippen LogP contribution in [-0.4, -0.2) is 29.4 Å². The fraction of sp³-hybridized carbons (Fsp3) is 0.222. The highest BCUT2D eigenvalue weighted by Gasteiger charge is 2.08. The van der Waals surface area contributed by atoms with Crippen LogP contribution in [0.1, 0.15) is 18.1 Å². The standard InChI is InChI=1S/C18H20N2O2/c1-3-20(14-16-9-11-19-12-10-16)18(21)8-7-15-5-4-6-17(13-15)22-2/h4-13H,3,14H2,1-2H3/b8-7+. The van der Waals surface area contributed by atoms with Gasteiger partial charge in [0.15, 0.2) is 0 Å². The highest BCUT2D eigenvalue weighted by atomic mass is 16.5. The van der Waals surface area contributed by atoms with Gasteiger partial charge in [-0.3, -0.25) is 9.78 Å². The minimum Gasteiger partial charge on any atom is -0.497 e. The summed E-state index contributed by atoms with van der Waals surface area (Å²) >= 11 is 0. The van der Waals surface area contributed by atoms with E-state index in [-0.39, 0.29) is 5.91 Å². The number of hydrogen-bond donors (Lipinski definition) is 0. The van der Waals surface area contributed by atoms with Gasteiger partial charge in [0.05, 0.1) is 7.11 Å². The molecule has 1 heterocycles. The van der Waals surface area contributed by atoms with E-state index in [2.05, 4.69) is 4.98 Å². The molecule has 0 radical (unpaired) electrons. The van der Waals surface area contributed by atoms with Crippen LogP contribution in [0.5, 0.6) is 5.75 Å². The number of pyridine rings is 1. The van der Waals surface area contributed by atoms with E-state index in [1.165, 1.54) is 0 Å². The lowest BCUT2D eigenvalue weighted by Gasteiger charge is -2.19. The summed E-state index contributed by atoms with van der Waals surface area (Å²) in [6.07, 6.45) is 6.87. The Kier molecular flexibility index (Phi) is 5.72. The molecule has 114 valence electrons. The van der Waals surface area contributed by atoms with Gasteiger partial charge in [0, 0.05) is 31.6 Å². The van der Waals surface area contributed by atoms with Gasteiger partial charge >= 0.3 is 0 Å². The van der Waals surface area contributed by atoms with Crippen molar-refractivity contribution in [2.45, 2.75) is 13.5 Å². The minimum absolute atomic E-state index is 0.0119. The lowest BCUT2D eigenvalue weighted by molar-refractivity contribution is -0.126. The second kappa shape index (κ2) is 7.98. The number of methoxy groups -OCH3 is 1. The molecular formula is C18H20N2O2. The summed E-state index contributed by atoms with van der Waals surface area (Å²) in [5, 5.41) is 0. The molecule has 0 aliphatic rings. The third kappa shape index (κ3) is 4.45. The predicted octanol–water partition coefficient (Wildman–Crippen LogP) is 3.15. The van der Waals surface area contributed by atoms with Crippen LogP contribution < -0.4 is 4.74 Å². The van der Waals surface area contributed by atoms with Gasteiger partial charge in [0.2, 0.25) is 5.91 Å². The maximum atomic E-state index is 12.3. The van der Waals surface area contributed by atoms with Gasteiger partial charge in [-0.2, -0.15) is 0 Å². The molecule has 1 amide bonds. The van der Waals surface area contributed by atoms with Crippen molar-refractivity contribution in [3.05, 3.63) is 66.0 Å². The molecule has 1 aromatic heterocycles. The lowest BCUT2D eigenvalue weighted by atomic mass is 10.2. The molecule has 22 heavy (non-hydrogen) atoms. The Morgan fingerprint density at radius 2 is 2.05 bits per heavy atom. The normalized spacial score (nSPS) is 10.6.